The molecule has 1 N–H and O–H groups in total. The molecule has 0 aliphatic heterocycles. The van der Waals surface area contributed by atoms with Crippen LogP contribution in [0.5, 0.6) is 0 Å². The number of pyridine rings is 1. The Kier molecular flexibility index (Phi) is 4.49. The maximum Gasteiger partial charge on any atom is 0.253 e. The topological polar surface area (TPSA) is 76.1 Å². The van der Waals surface area contributed by atoms with E-state index in [1.54, 1.807) is 25.3 Å². The van der Waals surface area contributed by atoms with Crippen molar-refractivity contribution in [2.45, 2.75) is 13.0 Å². The summed E-state index contributed by atoms with van der Waals surface area (Å²) in [7, 11) is -3.16. The Labute approximate surface area is 128 Å². The molecule has 0 aliphatic rings. The van der Waals surface area contributed by atoms with Crippen molar-refractivity contribution >= 4 is 38.2 Å². The Morgan fingerprint density at radius 1 is 1.43 bits per heavy atom. The average molecular weight is 327 g/mol. The van der Waals surface area contributed by atoms with Crippen LogP contribution in [-0.2, 0) is 9.84 Å². The number of sulfone groups is 1. The molecular formula is C14H15ClN2O3S. The van der Waals surface area contributed by atoms with E-state index < -0.39 is 21.8 Å². The average Bonchev–Trinajstić information content (AvgIpc) is 2.35. The standard InChI is InChI=1S/C14H15ClN2O3S/c1-9(8-21(2,19)20)17-14(18)12-7-11(15)6-10-4-3-5-16-13(10)12/h3-7,9H,8H2,1-2H3,(H,17,18)/t9-/m1/s1. The summed E-state index contributed by atoms with van der Waals surface area (Å²) in [5.41, 5.74) is 0.865. The summed E-state index contributed by atoms with van der Waals surface area (Å²) in [6.45, 7) is 1.64. The van der Waals surface area contributed by atoms with E-state index in [0.717, 1.165) is 11.6 Å². The lowest BCUT2D eigenvalue weighted by Crippen LogP contribution is -2.37. The van der Waals surface area contributed by atoms with Gasteiger partial charge in [-0.25, -0.2) is 8.42 Å². The molecule has 0 fully saturated rings. The minimum Gasteiger partial charge on any atom is -0.348 e. The van der Waals surface area contributed by atoms with Gasteiger partial charge >= 0.3 is 0 Å². The largest absolute Gasteiger partial charge is 0.348 e. The van der Waals surface area contributed by atoms with Crippen molar-refractivity contribution in [3.05, 3.63) is 41.0 Å². The smallest absolute Gasteiger partial charge is 0.253 e. The van der Waals surface area contributed by atoms with Crippen LogP contribution >= 0.6 is 11.6 Å². The van der Waals surface area contributed by atoms with E-state index in [-0.39, 0.29) is 5.75 Å². The lowest BCUT2D eigenvalue weighted by atomic mass is 10.1. The highest BCUT2D eigenvalue weighted by molar-refractivity contribution is 7.90. The van der Waals surface area contributed by atoms with Gasteiger partial charge in [0, 0.05) is 28.9 Å². The number of rotatable bonds is 4. The van der Waals surface area contributed by atoms with Gasteiger partial charge in [-0.15, -0.1) is 0 Å². The number of halogens is 1. The second kappa shape index (κ2) is 5.99. The number of hydrogen-bond acceptors (Lipinski definition) is 4. The van der Waals surface area contributed by atoms with Crippen molar-refractivity contribution < 1.29 is 13.2 Å². The number of carbonyl (C=O) groups is 1. The summed E-state index contributed by atoms with van der Waals surface area (Å²) in [5.74, 6) is -0.512. The van der Waals surface area contributed by atoms with Gasteiger partial charge in [0.25, 0.3) is 5.91 Å². The van der Waals surface area contributed by atoms with Crippen LogP contribution < -0.4 is 5.32 Å². The number of nitrogens with one attached hydrogen (secondary N) is 1. The number of nitrogens with zero attached hydrogens (tertiary/aromatic N) is 1. The second-order valence-corrected chi connectivity index (χ2v) is 7.62. The van der Waals surface area contributed by atoms with Crippen LogP contribution in [0.2, 0.25) is 5.02 Å². The van der Waals surface area contributed by atoms with Crippen molar-refractivity contribution in [2.24, 2.45) is 0 Å². The lowest BCUT2D eigenvalue weighted by molar-refractivity contribution is 0.0945. The molecule has 0 bridgehead atoms. The van der Waals surface area contributed by atoms with Crippen molar-refractivity contribution in [3.8, 4) is 0 Å². The van der Waals surface area contributed by atoms with Crippen molar-refractivity contribution in [1.29, 1.82) is 0 Å². The number of aromatic nitrogens is 1. The number of carbonyl (C=O) groups excluding carboxylic acids is 1. The predicted octanol–water partition coefficient (Wildman–Crippen LogP) is 2.05. The van der Waals surface area contributed by atoms with E-state index in [4.69, 9.17) is 11.6 Å². The Balaban J connectivity index is 2.31. The molecule has 1 aromatic carbocycles. The van der Waals surface area contributed by atoms with Crippen LogP contribution in [0.3, 0.4) is 0 Å². The third kappa shape index (κ3) is 4.15. The zero-order chi connectivity index (χ0) is 15.6. The van der Waals surface area contributed by atoms with E-state index in [9.17, 15) is 13.2 Å². The van der Waals surface area contributed by atoms with Crippen LogP contribution in [0.15, 0.2) is 30.5 Å². The molecule has 0 saturated heterocycles. The highest BCUT2D eigenvalue weighted by Crippen LogP contribution is 2.22. The zero-order valence-electron chi connectivity index (χ0n) is 11.6. The SMILES string of the molecule is C[C@H](CS(C)(=O)=O)NC(=O)c1cc(Cl)cc2cccnc12. The molecule has 1 aromatic heterocycles. The molecule has 5 nitrogen and oxygen atoms in total. The first kappa shape index (κ1) is 15.7. The van der Waals surface area contributed by atoms with Gasteiger partial charge in [0.1, 0.15) is 9.84 Å². The second-order valence-electron chi connectivity index (χ2n) is 5.00. The van der Waals surface area contributed by atoms with E-state index in [1.807, 2.05) is 6.07 Å². The molecule has 1 atom stereocenters. The molecule has 2 aromatic rings. The van der Waals surface area contributed by atoms with Crippen molar-refractivity contribution in [1.82, 2.24) is 10.3 Å². The minimum absolute atomic E-state index is 0.120. The first-order valence-electron chi connectivity index (χ1n) is 6.29. The molecule has 7 heteroatoms. The summed E-state index contributed by atoms with van der Waals surface area (Å²) < 4.78 is 22.5. The Morgan fingerprint density at radius 3 is 2.81 bits per heavy atom. The van der Waals surface area contributed by atoms with Crippen LogP contribution in [0, 0.1) is 0 Å². The summed E-state index contributed by atoms with van der Waals surface area (Å²) in [6.07, 6.45) is 2.72. The van der Waals surface area contributed by atoms with Crippen LogP contribution in [0.1, 0.15) is 17.3 Å². The number of fused-ring (bicyclic) bond motifs is 1. The third-order valence-corrected chi connectivity index (χ3v) is 4.17. The molecule has 1 heterocycles. The van der Waals surface area contributed by atoms with Gasteiger partial charge in [-0.2, -0.15) is 0 Å². The number of amides is 1. The van der Waals surface area contributed by atoms with E-state index in [1.165, 1.54) is 6.07 Å². The van der Waals surface area contributed by atoms with Gasteiger partial charge in [-0.3, -0.25) is 9.78 Å². The summed E-state index contributed by atoms with van der Waals surface area (Å²) in [4.78, 5) is 16.5. The van der Waals surface area contributed by atoms with Crippen molar-refractivity contribution in [2.75, 3.05) is 12.0 Å². The highest BCUT2D eigenvalue weighted by atomic mass is 35.5. The summed E-state index contributed by atoms with van der Waals surface area (Å²) in [5, 5.41) is 3.84. The highest BCUT2D eigenvalue weighted by Gasteiger charge is 2.17. The van der Waals surface area contributed by atoms with Gasteiger partial charge in [0.05, 0.1) is 16.8 Å². The molecule has 2 rings (SSSR count). The zero-order valence-corrected chi connectivity index (χ0v) is 13.2. The normalized spacial score (nSPS) is 13.1. The first-order chi connectivity index (χ1) is 9.76. The van der Waals surface area contributed by atoms with Crippen molar-refractivity contribution in [3.63, 3.8) is 0 Å². The fourth-order valence-electron chi connectivity index (χ4n) is 2.13. The van der Waals surface area contributed by atoms with Gasteiger partial charge in [0.15, 0.2) is 0 Å². The maximum atomic E-state index is 12.3. The fraction of sp³-hybridized carbons (Fsp3) is 0.286. The quantitative estimate of drug-likeness (QED) is 0.933. The summed E-state index contributed by atoms with van der Waals surface area (Å²) >= 11 is 6.01. The molecule has 0 aliphatic carbocycles. The van der Waals surface area contributed by atoms with Crippen LogP contribution in [-0.4, -0.2) is 37.4 Å². The monoisotopic (exact) mass is 326 g/mol. The lowest BCUT2D eigenvalue weighted by Gasteiger charge is -2.14. The Hall–Kier alpha value is -1.66. The van der Waals surface area contributed by atoms with E-state index in [2.05, 4.69) is 10.3 Å². The molecular weight excluding hydrogens is 312 g/mol. The molecule has 21 heavy (non-hydrogen) atoms. The van der Waals surface area contributed by atoms with Gasteiger partial charge in [-0.1, -0.05) is 17.7 Å². The maximum absolute atomic E-state index is 12.3. The van der Waals surface area contributed by atoms with Crippen LogP contribution in [0.25, 0.3) is 10.9 Å². The number of hydrogen-bond donors (Lipinski definition) is 1. The number of benzene rings is 1. The third-order valence-electron chi connectivity index (χ3n) is 2.84. The fourth-order valence-corrected chi connectivity index (χ4v) is 3.34. The predicted molar refractivity (Wildman–Crippen MR) is 83.4 cm³/mol. The van der Waals surface area contributed by atoms with Gasteiger partial charge < -0.3 is 5.32 Å². The van der Waals surface area contributed by atoms with Gasteiger partial charge in [-0.05, 0) is 25.1 Å². The van der Waals surface area contributed by atoms with Crippen LogP contribution in [0.4, 0.5) is 0 Å². The molecule has 0 spiro atoms. The first-order valence-corrected chi connectivity index (χ1v) is 8.73. The van der Waals surface area contributed by atoms with E-state index in [0.29, 0.717) is 16.1 Å². The minimum atomic E-state index is -3.16. The molecule has 0 saturated carbocycles. The Bertz CT molecular complexity index is 790. The van der Waals surface area contributed by atoms with Gasteiger partial charge in [0.2, 0.25) is 0 Å². The van der Waals surface area contributed by atoms with E-state index >= 15 is 0 Å². The molecule has 112 valence electrons. The molecule has 0 radical (unpaired) electrons. The Morgan fingerprint density at radius 2 is 2.14 bits per heavy atom. The molecule has 1 amide bonds. The molecule has 0 unspecified atom stereocenters. The summed E-state index contributed by atoms with van der Waals surface area (Å²) in [6, 6.07) is 6.32.